The van der Waals surface area contributed by atoms with Gasteiger partial charge in [0.15, 0.2) is 11.0 Å². The Morgan fingerprint density at radius 2 is 2.00 bits per heavy atom. The van der Waals surface area contributed by atoms with Crippen LogP contribution in [0.25, 0.3) is 11.4 Å². The van der Waals surface area contributed by atoms with E-state index >= 15 is 0 Å². The van der Waals surface area contributed by atoms with Crippen molar-refractivity contribution in [1.82, 2.24) is 14.8 Å². The number of nitrogens with one attached hydrogen (secondary N) is 1. The third-order valence-electron chi connectivity index (χ3n) is 4.64. The second-order valence-electron chi connectivity index (χ2n) is 6.52. The average molecular weight is 385 g/mol. The maximum Gasteiger partial charge on any atom is 0.234 e. The van der Waals surface area contributed by atoms with Gasteiger partial charge in [0, 0.05) is 12.7 Å². The highest BCUT2D eigenvalue weighted by atomic mass is 32.2. The van der Waals surface area contributed by atoms with Crippen molar-refractivity contribution in [3.05, 3.63) is 47.9 Å². The maximum absolute atomic E-state index is 12.3. The van der Waals surface area contributed by atoms with Gasteiger partial charge in [-0.2, -0.15) is 0 Å². The number of aryl methyl sites for hydroxylation is 1. The fourth-order valence-corrected chi connectivity index (χ4v) is 3.46. The van der Waals surface area contributed by atoms with E-state index in [2.05, 4.69) is 41.5 Å². The standard InChI is InChI=1S/C20H24N4O2S/c1-5-13(2)15-6-8-16(9-7-15)21-18(25)12-27-20-23-22-19(24(20)4)17-10-11-26-14(17)3/h6-11,13H,5,12H2,1-4H3,(H,21,25)/t13-/m1/s1. The minimum Gasteiger partial charge on any atom is -0.469 e. The minimum atomic E-state index is -0.0691. The molecule has 0 saturated carbocycles. The van der Waals surface area contributed by atoms with Crippen molar-refractivity contribution < 1.29 is 9.21 Å². The van der Waals surface area contributed by atoms with Crippen LogP contribution in [0.15, 0.2) is 46.2 Å². The second-order valence-corrected chi connectivity index (χ2v) is 7.47. The number of rotatable bonds is 7. The van der Waals surface area contributed by atoms with E-state index in [9.17, 15) is 4.79 Å². The Morgan fingerprint density at radius 1 is 1.26 bits per heavy atom. The minimum absolute atomic E-state index is 0.0691. The number of benzene rings is 1. The van der Waals surface area contributed by atoms with Crippen molar-refractivity contribution in [2.45, 2.75) is 38.3 Å². The van der Waals surface area contributed by atoms with Gasteiger partial charge >= 0.3 is 0 Å². The Bertz CT molecular complexity index is 914. The number of anilines is 1. The van der Waals surface area contributed by atoms with Gasteiger partial charge in [-0.3, -0.25) is 4.79 Å². The Labute approximate surface area is 163 Å². The molecular formula is C20H24N4O2S. The molecule has 0 saturated heterocycles. The number of hydrogen-bond donors (Lipinski definition) is 1. The van der Waals surface area contributed by atoms with Crippen LogP contribution in [0, 0.1) is 6.92 Å². The van der Waals surface area contributed by atoms with Gasteiger partial charge in [-0.05, 0) is 43.0 Å². The summed E-state index contributed by atoms with van der Waals surface area (Å²) in [6.45, 7) is 6.25. The van der Waals surface area contributed by atoms with E-state index < -0.39 is 0 Å². The van der Waals surface area contributed by atoms with Crippen molar-refractivity contribution in [2.75, 3.05) is 11.1 Å². The highest BCUT2D eigenvalue weighted by molar-refractivity contribution is 7.99. The highest BCUT2D eigenvalue weighted by Crippen LogP contribution is 2.26. The van der Waals surface area contributed by atoms with Gasteiger partial charge < -0.3 is 14.3 Å². The van der Waals surface area contributed by atoms with Crippen LogP contribution >= 0.6 is 11.8 Å². The van der Waals surface area contributed by atoms with Gasteiger partial charge in [0.05, 0.1) is 17.6 Å². The summed E-state index contributed by atoms with van der Waals surface area (Å²) in [5.74, 6) is 2.24. The molecular weight excluding hydrogens is 360 g/mol. The first-order chi connectivity index (χ1) is 13.0. The third kappa shape index (κ3) is 4.42. The number of carbonyl (C=O) groups excluding carboxylic acids is 1. The summed E-state index contributed by atoms with van der Waals surface area (Å²) < 4.78 is 7.20. The van der Waals surface area contributed by atoms with Crippen molar-refractivity contribution in [3.63, 3.8) is 0 Å². The van der Waals surface area contributed by atoms with E-state index in [-0.39, 0.29) is 11.7 Å². The van der Waals surface area contributed by atoms with Crippen molar-refractivity contribution in [3.8, 4) is 11.4 Å². The summed E-state index contributed by atoms with van der Waals surface area (Å²) in [7, 11) is 1.88. The van der Waals surface area contributed by atoms with Crippen LogP contribution in [0.2, 0.25) is 0 Å². The molecule has 1 aromatic carbocycles. The first-order valence-corrected chi connectivity index (χ1v) is 9.94. The van der Waals surface area contributed by atoms with Crippen LogP contribution in [-0.2, 0) is 11.8 Å². The molecule has 27 heavy (non-hydrogen) atoms. The number of furan rings is 1. The summed E-state index contributed by atoms with van der Waals surface area (Å²) in [5, 5.41) is 12.0. The van der Waals surface area contributed by atoms with E-state index in [1.54, 1.807) is 6.26 Å². The Morgan fingerprint density at radius 3 is 2.63 bits per heavy atom. The molecule has 1 N–H and O–H groups in total. The van der Waals surface area contributed by atoms with Crippen LogP contribution in [-0.4, -0.2) is 26.4 Å². The molecule has 0 radical (unpaired) electrons. The molecule has 2 aromatic heterocycles. The number of thioether (sulfide) groups is 1. The lowest BCUT2D eigenvalue weighted by molar-refractivity contribution is -0.113. The molecule has 2 heterocycles. The van der Waals surface area contributed by atoms with Crippen LogP contribution in [0.5, 0.6) is 0 Å². The van der Waals surface area contributed by atoms with Gasteiger partial charge in [-0.1, -0.05) is 37.7 Å². The molecule has 0 aliphatic heterocycles. The lowest BCUT2D eigenvalue weighted by atomic mass is 9.99. The summed E-state index contributed by atoms with van der Waals surface area (Å²) >= 11 is 1.36. The quantitative estimate of drug-likeness (QED) is 0.601. The number of aromatic nitrogens is 3. The normalized spacial score (nSPS) is 12.1. The van der Waals surface area contributed by atoms with Crippen molar-refractivity contribution >= 4 is 23.4 Å². The maximum atomic E-state index is 12.3. The molecule has 3 rings (SSSR count). The summed E-state index contributed by atoms with van der Waals surface area (Å²) in [5.41, 5.74) is 2.99. The molecule has 6 nitrogen and oxygen atoms in total. The molecule has 0 spiro atoms. The lowest BCUT2D eigenvalue weighted by Gasteiger charge is -2.10. The molecule has 142 valence electrons. The molecule has 1 atom stereocenters. The van der Waals surface area contributed by atoms with E-state index in [1.165, 1.54) is 17.3 Å². The van der Waals surface area contributed by atoms with Gasteiger partial charge in [-0.15, -0.1) is 10.2 Å². The van der Waals surface area contributed by atoms with E-state index in [0.29, 0.717) is 11.1 Å². The van der Waals surface area contributed by atoms with E-state index in [4.69, 9.17) is 4.42 Å². The van der Waals surface area contributed by atoms with Crippen LogP contribution in [0.3, 0.4) is 0 Å². The zero-order chi connectivity index (χ0) is 19.4. The number of nitrogens with zero attached hydrogens (tertiary/aromatic N) is 3. The largest absolute Gasteiger partial charge is 0.469 e. The van der Waals surface area contributed by atoms with Gasteiger partial charge in [-0.25, -0.2) is 0 Å². The third-order valence-corrected chi connectivity index (χ3v) is 5.66. The first-order valence-electron chi connectivity index (χ1n) is 8.96. The number of amides is 1. The predicted octanol–water partition coefficient (Wildman–Crippen LogP) is 4.63. The molecule has 0 unspecified atom stereocenters. The van der Waals surface area contributed by atoms with Gasteiger partial charge in [0.2, 0.25) is 5.91 Å². The van der Waals surface area contributed by atoms with E-state index in [0.717, 1.165) is 29.3 Å². The molecule has 0 bridgehead atoms. The molecule has 0 fully saturated rings. The topological polar surface area (TPSA) is 73.0 Å². The fourth-order valence-electron chi connectivity index (χ4n) is 2.75. The zero-order valence-corrected chi connectivity index (χ0v) is 16.8. The zero-order valence-electron chi connectivity index (χ0n) is 16.0. The molecule has 0 aliphatic rings. The van der Waals surface area contributed by atoms with Crippen molar-refractivity contribution in [1.29, 1.82) is 0 Å². The Balaban J connectivity index is 1.58. The average Bonchev–Trinajstić information content (AvgIpc) is 3.25. The summed E-state index contributed by atoms with van der Waals surface area (Å²) in [6.07, 6.45) is 2.73. The SMILES string of the molecule is CC[C@@H](C)c1ccc(NC(=O)CSc2nnc(-c3ccoc3C)n2C)cc1. The summed E-state index contributed by atoms with van der Waals surface area (Å²) in [6, 6.07) is 9.90. The van der Waals surface area contributed by atoms with Gasteiger partial charge in [0.1, 0.15) is 5.76 Å². The first kappa shape index (κ1) is 19.2. The monoisotopic (exact) mass is 384 g/mol. The van der Waals surface area contributed by atoms with E-state index in [1.807, 2.05) is 36.7 Å². The predicted molar refractivity (Wildman–Crippen MR) is 108 cm³/mol. The summed E-state index contributed by atoms with van der Waals surface area (Å²) in [4.78, 5) is 12.3. The Hall–Kier alpha value is -2.54. The highest BCUT2D eigenvalue weighted by Gasteiger charge is 2.16. The van der Waals surface area contributed by atoms with Crippen molar-refractivity contribution in [2.24, 2.45) is 7.05 Å². The van der Waals surface area contributed by atoms with Crippen LogP contribution < -0.4 is 5.32 Å². The molecule has 7 heteroatoms. The smallest absolute Gasteiger partial charge is 0.234 e. The van der Waals surface area contributed by atoms with Crippen LogP contribution in [0.4, 0.5) is 5.69 Å². The van der Waals surface area contributed by atoms with Gasteiger partial charge in [0.25, 0.3) is 0 Å². The number of carbonyl (C=O) groups is 1. The number of hydrogen-bond acceptors (Lipinski definition) is 5. The molecule has 1 amide bonds. The molecule has 3 aromatic rings. The fraction of sp³-hybridized carbons (Fsp3) is 0.350. The molecule has 0 aliphatic carbocycles. The second kappa shape index (κ2) is 8.43. The van der Waals surface area contributed by atoms with Crippen LogP contribution in [0.1, 0.15) is 37.5 Å². The Kier molecular flexibility index (Phi) is 6.01. The lowest BCUT2D eigenvalue weighted by Crippen LogP contribution is -2.14.